The van der Waals surface area contributed by atoms with Gasteiger partial charge in [0.1, 0.15) is 11.5 Å². The molecule has 3 aromatic carbocycles. The molecule has 0 aliphatic rings. The summed E-state index contributed by atoms with van der Waals surface area (Å²) in [7, 11) is -2.92. The van der Waals surface area contributed by atoms with Crippen LogP contribution in [0, 0.1) is 10.1 Å². The van der Waals surface area contributed by atoms with Crippen molar-refractivity contribution in [1.82, 2.24) is 0 Å². The number of nitrogens with zero attached hydrogens (tertiary/aromatic N) is 1. The van der Waals surface area contributed by atoms with Gasteiger partial charge in [-0.1, -0.05) is 34.6 Å². The fraction of sp³-hybridized carbons (Fsp3) is 0.174. The third-order valence-corrected chi connectivity index (χ3v) is 6.49. The van der Waals surface area contributed by atoms with Gasteiger partial charge in [-0.15, -0.1) is 0 Å². The van der Waals surface area contributed by atoms with E-state index in [0.717, 1.165) is 24.3 Å². The summed E-state index contributed by atoms with van der Waals surface area (Å²) in [6, 6.07) is 10.3. The molecule has 14 heteroatoms. The molecule has 0 aliphatic carbocycles. The minimum atomic E-state index is -4.62. The predicted octanol–water partition coefficient (Wildman–Crippen LogP) is 7.47. The topological polar surface area (TPSA) is 105 Å². The Morgan fingerprint density at radius 3 is 2.30 bits per heavy atom. The van der Waals surface area contributed by atoms with Crippen molar-refractivity contribution in [2.45, 2.75) is 19.5 Å². The van der Waals surface area contributed by atoms with E-state index in [1.54, 1.807) is 6.92 Å². The maximum atomic E-state index is 12.9. The SMILES string of the molecule is CCc1cc([N+](=O)[O-])c([P+](=O)OCOC(=O)c2ccc(Cl)cc2)cc1Oc1ccc(C(F)(F)F)cc1Cl. The van der Waals surface area contributed by atoms with Gasteiger partial charge in [-0.2, -0.15) is 13.2 Å². The molecule has 1 unspecified atom stereocenters. The minimum Gasteiger partial charge on any atom is -0.455 e. The summed E-state index contributed by atoms with van der Waals surface area (Å²) in [6.45, 7) is 0.872. The van der Waals surface area contributed by atoms with Crippen LogP contribution >= 0.6 is 31.2 Å². The zero-order valence-electron chi connectivity index (χ0n) is 18.8. The summed E-state index contributed by atoms with van der Waals surface area (Å²) < 4.78 is 67.1. The van der Waals surface area contributed by atoms with Gasteiger partial charge in [0.25, 0.3) is 0 Å². The lowest BCUT2D eigenvalue weighted by atomic mass is 10.1. The van der Waals surface area contributed by atoms with Gasteiger partial charge < -0.3 is 9.47 Å². The third kappa shape index (κ3) is 7.17. The average Bonchev–Trinajstić information content (AvgIpc) is 2.84. The van der Waals surface area contributed by atoms with Crippen molar-refractivity contribution in [1.29, 1.82) is 0 Å². The highest BCUT2D eigenvalue weighted by atomic mass is 35.5. The Balaban J connectivity index is 1.83. The van der Waals surface area contributed by atoms with Crippen LogP contribution in [0.1, 0.15) is 28.4 Å². The highest BCUT2D eigenvalue weighted by Gasteiger charge is 2.36. The van der Waals surface area contributed by atoms with E-state index < -0.39 is 48.4 Å². The van der Waals surface area contributed by atoms with E-state index in [4.69, 9.17) is 37.2 Å². The number of halogens is 5. The number of nitro benzene ring substituents is 1. The van der Waals surface area contributed by atoms with Gasteiger partial charge >= 0.3 is 31.2 Å². The molecule has 194 valence electrons. The fourth-order valence-electron chi connectivity index (χ4n) is 3.01. The van der Waals surface area contributed by atoms with E-state index in [1.807, 2.05) is 0 Å². The quantitative estimate of drug-likeness (QED) is 0.0854. The van der Waals surface area contributed by atoms with Crippen molar-refractivity contribution in [3.63, 3.8) is 0 Å². The van der Waals surface area contributed by atoms with Crippen molar-refractivity contribution in [3.05, 3.63) is 91.4 Å². The van der Waals surface area contributed by atoms with Crippen LogP contribution in [0.25, 0.3) is 0 Å². The standard InChI is InChI=1S/C23H16Cl2F3NO7P/c1-2-13-9-18(29(31)32)21(37(33)35-12-34-22(30)14-3-6-16(24)7-4-14)11-20(13)36-19-8-5-15(10-17(19)25)23(26,27)28/h3-11H,2,12H2,1H3/q+1. The van der Waals surface area contributed by atoms with Gasteiger partial charge in [0, 0.05) is 22.7 Å². The molecule has 0 aliphatic heterocycles. The molecule has 0 N–H and O–H groups in total. The van der Waals surface area contributed by atoms with Crippen molar-refractivity contribution in [2.75, 3.05) is 6.79 Å². The molecule has 0 saturated heterocycles. The van der Waals surface area contributed by atoms with Gasteiger partial charge in [-0.05, 0) is 53.5 Å². The minimum absolute atomic E-state index is 0.0325. The second-order valence-electron chi connectivity index (χ2n) is 7.25. The second kappa shape index (κ2) is 11.9. The number of hydrogen-bond donors (Lipinski definition) is 0. The molecule has 0 saturated carbocycles. The molecule has 3 rings (SSSR count). The van der Waals surface area contributed by atoms with Gasteiger partial charge in [0.2, 0.25) is 6.79 Å². The van der Waals surface area contributed by atoms with Gasteiger partial charge in [-0.3, -0.25) is 10.1 Å². The van der Waals surface area contributed by atoms with Crippen LogP contribution in [-0.4, -0.2) is 17.7 Å². The summed E-state index contributed by atoms with van der Waals surface area (Å²) >= 11 is 11.7. The molecule has 0 heterocycles. The second-order valence-corrected chi connectivity index (χ2v) is 9.34. The van der Waals surface area contributed by atoms with E-state index in [-0.39, 0.29) is 28.5 Å². The number of ether oxygens (including phenoxy) is 2. The normalized spacial score (nSPS) is 11.7. The van der Waals surface area contributed by atoms with Crippen LogP contribution in [0.4, 0.5) is 18.9 Å². The van der Waals surface area contributed by atoms with Crippen LogP contribution in [0.3, 0.4) is 0 Å². The number of carbonyl (C=O) groups is 1. The first-order chi connectivity index (χ1) is 17.4. The first kappa shape index (κ1) is 28.3. The molecule has 0 aromatic heterocycles. The predicted molar refractivity (Wildman–Crippen MR) is 129 cm³/mol. The number of aryl methyl sites for hydroxylation is 1. The van der Waals surface area contributed by atoms with E-state index in [0.29, 0.717) is 16.7 Å². The third-order valence-electron chi connectivity index (χ3n) is 4.85. The molecule has 8 nitrogen and oxygen atoms in total. The van der Waals surface area contributed by atoms with Crippen LogP contribution in [0.15, 0.2) is 54.6 Å². The highest BCUT2D eigenvalue weighted by molar-refractivity contribution is 7.48. The van der Waals surface area contributed by atoms with Gasteiger partial charge in [0.05, 0.1) is 21.1 Å². The maximum absolute atomic E-state index is 12.9. The Hall–Kier alpha value is -3.24. The Bertz CT molecular complexity index is 1350. The van der Waals surface area contributed by atoms with Crippen molar-refractivity contribution in [3.8, 4) is 11.5 Å². The van der Waals surface area contributed by atoms with Crippen molar-refractivity contribution in [2.24, 2.45) is 0 Å². The number of rotatable bonds is 9. The lowest BCUT2D eigenvalue weighted by Crippen LogP contribution is -2.12. The summed E-state index contributed by atoms with van der Waals surface area (Å²) in [4.78, 5) is 22.9. The monoisotopic (exact) mass is 576 g/mol. The molecular formula is C23H16Cl2F3NO7P+. The van der Waals surface area contributed by atoms with Gasteiger partial charge in [-0.25, -0.2) is 4.79 Å². The zero-order valence-corrected chi connectivity index (χ0v) is 21.2. The van der Waals surface area contributed by atoms with Gasteiger partial charge in [0.15, 0.2) is 0 Å². The highest BCUT2D eigenvalue weighted by Crippen LogP contribution is 2.39. The Labute approximate surface area is 218 Å². The molecular weight excluding hydrogens is 561 g/mol. The average molecular weight is 577 g/mol. The molecule has 0 bridgehead atoms. The Morgan fingerprint density at radius 1 is 1.05 bits per heavy atom. The van der Waals surface area contributed by atoms with Crippen LogP contribution in [0.2, 0.25) is 10.0 Å². The molecule has 0 radical (unpaired) electrons. The summed E-state index contributed by atoms with van der Waals surface area (Å²) in [6.07, 6.45) is -4.39. The lowest BCUT2D eigenvalue weighted by molar-refractivity contribution is -0.383. The van der Waals surface area contributed by atoms with Crippen molar-refractivity contribution >= 4 is 48.2 Å². The number of nitro groups is 1. The first-order valence-electron chi connectivity index (χ1n) is 10.3. The number of alkyl halides is 3. The summed E-state index contributed by atoms with van der Waals surface area (Å²) in [5.41, 5.74) is -1.10. The molecule has 0 fully saturated rings. The lowest BCUT2D eigenvalue weighted by Gasteiger charge is -2.13. The number of hydrogen-bond acceptors (Lipinski definition) is 7. The van der Waals surface area contributed by atoms with E-state index >= 15 is 0 Å². The van der Waals surface area contributed by atoms with Crippen molar-refractivity contribution < 1.29 is 41.5 Å². The molecule has 0 amide bonds. The number of carbonyl (C=O) groups excluding carboxylic acids is 1. The summed E-state index contributed by atoms with van der Waals surface area (Å²) in [5.74, 6) is -0.996. The van der Waals surface area contributed by atoms with E-state index in [1.165, 1.54) is 24.3 Å². The summed E-state index contributed by atoms with van der Waals surface area (Å²) in [5, 5.41) is 11.3. The fourth-order valence-corrected chi connectivity index (χ4v) is 4.20. The number of benzene rings is 3. The smallest absolute Gasteiger partial charge is 0.455 e. The molecule has 0 spiro atoms. The largest absolute Gasteiger partial charge is 0.559 e. The Kier molecular flexibility index (Phi) is 9.09. The maximum Gasteiger partial charge on any atom is 0.559 e. The molecule has 37 heavy (non-hydrogen) atoms. The first-order valence-corrected chi connectivity index (χ1v) is 12.2. The van der Waals surface area contributed by atoms with E-state index in [9.17, 15) is 32.6 Å². The molecule has 3 aromatic rings. The molecule has 1 atom stereocenters. The van der Waals surface area contributed by atoms with E-state index in [2.05, 4.69) is 0 Å². The zero-order chi connectivity index (χ0) is 27.3. The number of esters is 1. The van der Waals surface area contributed by atoms with Crippen LogP contribution in [-0.2, 0) is 26.4 Å². The van der Waals surface area contributed by atoms with Crippen LogP contribution in [0.5, 0.6) is 11.5 Å². The van der Waals surface area contributed by atoms with Crippen LogP contribution < -0.4 is 10.0 Å². The Morgan fingerprint density at radius 2 is 1.73 bits per heavy atom.